The van der Waals surface area contributed by atoms with E-state index in [1.54, 1.807) is 0 Å². The zero-order valence-corrected chi connectivity index (χ0v) is 10.9. The normalized spacial score (nSPS) is 22.0. The maximum atomic E-state index is 9.14. The Morgan fingerprint density at radius 3 is 2.74 bits per heavy atom. The quantitative estimate of drug-likeness (QED) is 0.857. The number of aromatic nitrogens is 3. The highest BCUT2D eigenvalue weighted by Gasteiger charge is 2.20. The van der Waals surface area contributed by atoms with Crippen molar-refractivity contribution in [2.45, 2.75) is 19.4 Å². The SMILES string of the molecule is Cc1ccc(-c2cn([C@@H]3C=C[C@H](CO)C3)nn2)cc1. The largest absolute Gasteiger partial charge is 0.396 e. The third-order valence-corrected chi connectivity index (χ3v) is 3.58. The van der Waals surface area contributed by atoms with Crippen LogP contribution in [0, 0.1) is 12.8 Å². The predicted molar refractivity (Wildman–Crippen MR) is 73.6 cm³/mol. The Hall–Kier alpha value is -1.94. The van der Waals surface area contributed by atoms with Crippen molar-refractivity contribution in [1.82, 2.24) is 15.0 Å². The van der Waals surface area contributed by atoms with Gasteiger partial charge in [0.15, 0.2) is 0 Å². The highest BCUT2D eigenvalue weighted by molar-refractivity contribution is 5.57. The van der Waals surface area contributed by atoms with E-state index in [0.717, 1.165) is 17.7 Å². The van der Waals surface area contributed by atoms with E-state index >= 15 is 0 Å². The molecule has 0 aliphatic heterocycles. The van der Waals surface area contributed by atoms with Gasteiger partial charge in [-0.15, -0.1) is 5.10 Å². The van der Waals surface area contributed by atoms with Crippen LogP contribution in [-0.4, -0.2) is 26.7 Å². The number of benzene rings is 1. The summed E-state index contributed by atoms with van der Waals surface area (Å²) < 4.78 is 1.88. The minimum atomic E-state index is 0.201. The Morgan fingerprint density at radius 2 is 2.05 bits per heavy atom. The summed E-state index contributed by atoms with van der Waals surface area (Å²) in [6.45, 7) is 2.27. The van der Waals surface area contributed by atoms with Gasteiger partial charge in [0.05, 0.1) is 12.2 Å². The Labute approximate surface area is 112 Å². The first-order chi connectivity index (χ1) is 9.26. The van der Waals surface area contributed by atoms with Gasteiger partial charge in [-0.05, 0) is 13.3 Å². The molecule has 0 bridgehead atoms. The average molecular weight is 255 g/mol. The number of aliphatic hydroxyl groups is 1. The molecule has 3 rings (SSSR count). The zero-order chi connectivity index (χ0) is 13.2. The summed E-state index contributed by atoms with van der Waals surface area (Å²) in [5, 5.41) is 17.6. The maximum Gasteiger partial charge on any atom is 0.113 e. The van der Waals surface area contributed by atoms with Crippen LogP contribution in [0.15, 0.2) is 42.6 Å². The molecule has 1 aliphatic rings. The minimum absolute atomic E-state index is 0.201. The number of aryl methyl sites for hydroxylation is 1. The molecule has 2 atom stereocenters. The molecule has 1 aliphatic carbocycles. The van der Waals surface area contributed by atoms with Crippen molar-refractivity contribution in [3.05, 3.63) is 48.2 Å². The number of hydrogen-bond acceptors (Lipinski definition) is 3. The third-order valence-electron chi connectivity index (χ3n) is 3.58. The van der Waals surface area contributed by atoms with Crippen LogP contribution in [-0.2, 0) is 0 Å². The van der Waals surface area contributed by atoms with Gasteiger partial charge in [-0.1, -0.05) is 47.2 Å². The van der Waals surface area contributed by atoms with Gasteiger partial charge < -0.3 is 5.11 Å². The van der Waals surface area contributed by atoms with E-state index in [-0.39, 0.29) is 18.6 Å². The fourth-order valence-electron chi connectivity index (χ4n) is 2.38. The second-order valence-corrected chi connectivity index (χ2v) is 5.08. The van der Waals surface area contributed by atoms with Crippen molar-refractivity contribution < 1.29 is 5.11 Å². The fraction of sp³-hybridized carbons (Fsp3) is 0.333. The molecule has 4 heteroatoms. The summed E-state index contributed by atoms with van der Waals surface area (Å²) in [4.78, 5) is 0. The van der Waals surface area contributed by atoms with Crippen LogP contribution >= 0.6 is 0 Å². The van der Waals surface area contributed by atoms with Gasteiger partial charge in [0, 0.05) is 18.1 Å². The Morgan fingerprint density at radius 1 is 1.26 bits per heavy atom. The summed E-state index contributed by atoms with van der Waals surface area (Å²) in [6.07, 6.45) is 7.01. The number of nitrogens with zero attached hydrogens (tertiary/aromatic N) is 3. The predicted octanol–water partition coefficient (Wildman–Crippen LogP) is 2.36. The van der Waals surface area contributed by atoms with Crippen LogP contribution in [0.5, 0.6) is 0 Å². The number of rotatable bonds is 3. The molecule has 4 nitrogen and oxygen atoms in total. The molecular formula is C15H17N3O. The van der Waals surface area contributed by atoms with Crippen LogP contribution in [0.2, 0.25) is 0 Å². The van der Waals surface area contributed by atoms with E-state index in [0.29, 0.717) is 0 Å². The first-order valence-electron chi connectivity index (χ1n) is 6.54. The van der Waals surface area contributed by atoms with Crippen molar-refractivity contribution >= 4 is 0 Å². The minimum Gasteiger partial charge on any atom is -0.396 e. The van der Waals surface area contributed by atoms with Crippen molar-refractivity contribution in [2.24, 2.45) is 5.92 Å². The molecule has 98 valence electrons. The number of aliphatic hydroxyl groups excluding tert-OH is 1. The molecule has 0 radical (unpaired) electrons. The molecule has 0 amide bonds. The lowest BCUT2D eigenvalue weighted by Crippen LogP contribution is -2.08. The Balaban J connectivity index is 1.80. The van der Waals surface area contributed by atoms with Crippen molar-refractivity contribution in [1.29, 1.82) is 0 Å². The van der Waals surface area contributed by atoms with Crippen LogP contribution in [0.4, 0.5) is 0 Å². The highest BCUT2D eigenvalue weighted by Crippen LogP contribution is 2.28. The van der Waals surface area contributed by atoms with Crippen LogP contribution in [0.1, 0.15) is 18.0 Å². The molecule has 19 heavy (non-hydrogen) atoms. The third kappa shape index (κ3) is 2.44. The molecule has 1 heterocycles. The van der Waals surface area contributed by atoms with E-state index in [4.69, 9.17) is 5.11 Å². The Kier molecular flexibility index (Phi) is 3.17. The first kappa shape index (κ1) is 12.1. The van der Waals surface area contributed by atoms with Gasteiger partial charge in [0.1, 0.15) is 5.69 Å². The zero-order valence-electron chi connectivity index (χ0n) is 10.9. The summed E-state index contributed by atoms with van der Waals surface area (Å²) in [5.74, 6) is 0.247. The van der Waals surface area contributed by atoms with Crippen molar-refractivity contribution in [3.63, 3.8) is 0 Å². The van der Waals surface area contributed by atoms with Gasteiger partial charge >= 0.3 is 0 Å². The maximum absolute atomic E-state index is 9.14. The van der Waals surface area contributed by atoms with E-state index in [1.807, 2.05) is 10.9 Å². The van der Waals surface area contributed by atoms with Crippen LogP contribution < -0.4 is 0 Å². The van der Waals surface area contributed by atoms with Crippen molar-refractivity contribution in [3.8, 4) is 11.3 Å². The van der Waals surface area contributed by atoms with E-state index in [1.165, 1.54) is 5.56 Å². The lowest BCUT2D eigenvalue weighted by Gasteiger charge is -2.09. The molecule has 0 spiro atoms. The summed E-state index contributed by atoms with van der Waals surface area (Å²) in [7, 11) is 0. The van der Waals surface area contributed by atoms with Gasteiger partial charge in [0.2, 0.25) is 0 Å². The smallest absolute Gasteiger partial charge is 0.113 e. The number of hydrogen-bond donors (Lipinski definition) is 1. The average Bonchev–Trinajstić information content (AvgIpc) is 3.08. The van der Waals surface area contributed by atoms with E-state index in [9.17, 15) is 0 Å². The van der Waals surface area contributed by atoms with Gasteiger partial charge in [-0.2, -0.15) is 0 Å². The van der Waals surface area contributed by atoms with Gasteiger partial charge in [0.25, 0.3) is 0 Å². The molecular weight excluding hydrogens is 238 g/mol. The summed E-state index contributed by atoms with van der Waals surface area (Å²) >= 11 is 0. The lowest BCUT2D eigenvalue weighted by atomic mass is 10.1. The van der Waals surface area contributed by atoms with Gasteiger partial charge in [-0.3, -0.25) is 0 Å². The van der Waals surface area contributed by atoms with Crippen LogP contribution in [0.25, 0.3) is 11.3 Å². The molecule has 0 fully saturated rings. The lowest BCUT2D eigenvalue weighted by molar-refractivity contribution is 0.242. The topological polar surface area (TPSA) is 50.9 Å². The second kappa shape index (κ2) is 4.97. The van der Waals surface area contributed by atoms with Crippen LogP contribution in [0.3, 0.4) is 0 Å². The van der Waals surface area contributed by atoms with Gasteiger partial charge in [-0.25, -0.2) is 4.68 Å². The number of allylic oxidation sites excluding steroid dienone is 1. The highest BCUT2D eigenvalue weighted by atomic mass is 16.3. The molecule has 2 aromatic rings. The summed E-state index contributed by atoms with van der Waals surface area (Å²) in [6, 6.07) is 8.48. The first-order valence-corrected chi connectivity index (χ1v) is 6.54. The standard InChI is InChI=1S/C15H17N3O/c1-11-2-5-13(6-3-11)15-9-18(17-16-15)14-7-4-12(8-14)10-19/h2-7,9,12,14,19H,8,10H2,1H3/t12-,14+/m0/s1. The molecule has 0 saturated carbocycles. The molecule has 1 N–H and O–H groups in total. The van der Waals surface area contributed by atoms with E-state index in [2.05, 4.69) is 53.7 Å². The Bertz CT molecular complexity index is 586. The molecule has 1 aromatic carbocycles. The molecule has 1 aromatic heterocycles. The fourth-order valence-corrected chi connectivity index (χ4v) is 2.38. The second-order valence-electron chi connectivity index (χ2n) is 5.08. The van der Waals surface area contributed by atoms with Crippen molar-refractivity contribution in [2.75, 3.05) is 6.61 Å². The molecule has 0 unspecified atom stereocenters. The van der Waals surface area contributed by atoms with E-state index < -0.39 is 0 Å². The summed E-state index contributed by atoms with van der Waals surface area (Å²) in [5.41, 5.74) is 3.21. The molecule has 0 saturated heterocycles. The monoisotopic (exact) mass is 255 g/mol.